The van der Waals surface area contributed by atoms with E-state index in [1.807, 2.05) is 35.2 Å². The summed E-state index contributed by atoms with van der Waals surface area (Å²) in [6.07, 6.45) is 4.11. The Morgan fingerprint density at radius 2 is 1.85 bits per heavy atom. The number of piperidine rings is 1. The van der Waals surface area contributed by atoms with E-state index in [1.165, 1.54) is 0 Å². The van der Waals surface area contributed by atoms with E-state index in [2.05, 4.69) is 0 Å². The molecule has 108 valence electrons. The topological polar surface area (TPSA) is 55.6 Å². The number of carbonyl (C=O) groups is 1. The van der Waals surface area contributed by atoms with Gasteiger partial charge in [0.1, 0.15) is 6.61 Å². The fourth-order valence-corrected chi connectivity index (χ4v) is 3.57. The van der Waals surface area contributed by atoms with Crippen molar-refractivity contribution in [2.45, 2.75) is 44.4 Å². The van der Waals surface area contributed by atoms with Crippen molar-refractivity contribution >= 4 is 6.09 Å². The number of ether oxygens (including phenoxy) is 1. The van der Waals surface area contributed by atoms with E-state index in [1.54, 1.807) is 0 Å². The number of fused-ring (bicyclic) bond motifs is 2. The molecular weight excluding hydrogens is 252 g/mol. The molecule has 2 aliphatic heterocycles. The van der Waals surface area contributed by atoms with E-state index in [-0.39, 0.29) is 6.09 Å². The zero-order valence-electron chi connectivity index (χ0n) is 11.7. The fraction of sp³-hybridized carbons (Fsp3) is 0.562. The summed E-state index contributed by atoms with van der Waals surface area (Å²) in [6.45, 7) is 1.09. The summed E-state index contributed by atoms with van der Waals surface area (Å²) in [5.41, 5.74) is 6.81. The molecule has 0 aliphatic carbocycles. The molecule has 0 aromatic heterocycles. The van der Waals surface area contributed by atoms with Crippen molar-refractivity contribution in [3.63, 3.8) is 0 Å². The Balaban J connectivity index is 1.58. The van der Waals surface area contributed by atoms with Gasteiger partial charge in [-0.1, -0.05) is 30.3 Å². The summed E-state index contributed by atoms with van der Waals surface area (Å²) in [5, 5.41) is 0. The first kappa shape index (κ1) is 13.4. The third-order valence-corrected chi connectivity index (χ3v) is 4.58. The molecular formula is C16H22N2O2. The van der Waals surface area contributed by atoms with Crippen LogP contribution in [0.3, 0.4) is 0 Å². The van der Waals surface area contributed by atoms with Gasteiger partial charge in [-0.05, 0) is 43.7 Å². The van der Waals surface area contributed by atoms with Gasteiger partial charge in [0.15, 0.2) is 0 Å². The van der Waals surface area contributed by atoms with Crippen molar-refractivity contribution in [2.75, 3.05) is 6.54 Å². The third-order valence-electron chi connectivity index (χ3n) is 4.58. The Labute approximate surface area is 119 Å². The number of hydrogen-bond donors (Lipinski definition) is 1. The van der Waals surface area contributed by atoms with Crippen LogP contribution in [0.4, 0.5) is 4.79 Å². The van der Waals surface area contributed by atoms with Crippen LogP contribution in [-0.2, 0) is 11.3 Å². The maximum Gasteiger partial charge on any atom is 0.410 e. The second-order valence-electron chi connectivity index (χ2n) is 5.91. The highest BCUT2D eigenvalue weighted by Gasteiger charge is 2.43. The van der Waals surface area contributed by atoms with Crippen molar-refractivity contribution < 1.29 is 9.53 Å². The van der Waals surface area contributed by atoms with Crippen molar-refractivity contribution in [2.24, 2.45) is 11.7 Å². The molecule has 1 aromatic rings. The number of rotatable bonds is 3. The summed E-state index contributed by atoms with van der Waals surface area (Å²) >= 11 is 0. The van der Waals surface area contributed by atoms with Crippen LogP contribution < -0.4 is 5.73 Å². The van der Waals surface area contributed by atoms with E-state index in [4.69, 9.17) is 10.5 Å². The summed E-state index contributed by atoms with van der Waals surface area (Å²) < 4.78 is 5.47. The van der Waals surface area contributed by atoms with Crippen LogP contribution in [0.2, 0.25) is 0 Å². The van der Waals surface area contributed by atoms with Crippen LogP contribution >= 0.6 is 0 Å². The van der Waals surface area contributed by atoms with Gasteiger partial charge in [0, 0.05) is 12.1 Å². The van der Waals surface area contributed by atoms with Crippen LogP contribution in [0.15, 0.2) is 30.3 Å². The van der Waals surface area contributed by atoms with Crippen molar-refractivity contribution in [3.8, 4) is 0 Å². The molecule has 3 rings (SSSR count). The van der Waals surface area contributed by atoms with Crippen LogP contribution in [0.1, 0.15) is 31.2 Å². The highest BCUT2D eigenvalue weighted by molar-refractivity contribution is 5.69. The molecule has 2 heterocycles. The van der Waals surface area contributed by atoms with Crippen LogP contribution in [-0.4, -0.2) is 29.6 Å². The Bertz CT molecular complexity index is 449. The van der Waals surface area contributed by atoms with Crippen molar-refractivity contribution in [1.29, 1.82) is 0 Å². The Hall–Kier alpha value is -1.55. The number of nitrogens with two attached hydrogens (primary N) is 1. The lowest BCUT2D eigenvalue weighted by Gasteiger charge is -2.37. The molecule has 0 radical (unpaired) electrons. The van der Waals surface area contributed by atoms with Gasteiger partial charge >= 0.3 is 6.09 Å². The Morgan fingerprint density at radius 3 is 2.45 bits per heavy atom. The monoisotopic (exact) mass is 274 g/mol. The zero-order valence-corrected chi connectivity index (χ0v) is 11.7. The summed E-state index contributed by atoms with van der Waals surface area (Å²) in [5.74, 6) is 0.575. The van der Waals surface area contributed by atoms with E-state index >= 15 is 0 Å². The molecule has 4 heteroatoms. The molecule has 0 saturated carbocycles. The molecule has 0 spiro atoms. The van der Waals surface area contributed by atoms with Crippen molar-refractivity contribution in [3.05, 3.63) is 35.9 Å². The standard InChI is InChI=1S/C16H22N2O2/c17-10-13-8-14-6-7-15(9-13)18(14)16(19)20-11-12-4-2-1-3-5-12/h1-5,13-15H,6-11,17H2. The predicted molar refractivity (Wildman–Crippen MR) is 77.1 cm³/mol. The summed E-state index contributed by atoms with van der Waals surface area (Å²) in [6, 6.07) is 10.5. The maximum absolute atomic E-state index is 12.3. The predicted octanol–water partition coefficient (Wildman–Crippen LogP) is 2.52. The first-order valence-electron chi connectivity index (χ1n) is 7.47. The molecule has 20 heavy (non-hydrogen) atoms. The Morgan fingerprint density at radius 1 is 1.20 bits per heavy atom. The van der Waals surface area contributed by atoms with E-state index in [9.17, 15) is 4.79 Å². The van der Waals surface area contributed by atoms with Crippen LogP contribution in [0.25, 0.3) is 0 Å². The van der Waals surface area contributed by atoms with Gasteiger partial charge in [0.2, 0.25) is 0 Å². The van der Waals surface area contributed by atoms with Gasteiger partial charge in [0.05, 0.1) is 0 Å². The number of carbonyl (C=O) groups excluding carboxylic acids is 1. The molecule has 1 amide bonds. The quantitative estimate of drug-likeness (QED) is 0.921. The van der Waals surface area contributed by atoms with Gasteiger partial charge < -0.3 is 15.4 Å². The lowest BCUT2D eigenvalue weighted by atomic mass is 9.91. The van der Waals surface area contributed by atoms with Gasteiger partial charge in [-0.25, -0.2) is 4.79 Å². The number of benzene rings is 1. The van der Waals surface area contributed by atoms with Gasteiger partial charge in [-0.15, -0.1) is 0 Å². The second kappa shape index (κ2) is 5.83. The first-order valence-corrected chi connectivity index (χ1v) is 7.47. The van der Waals surface area contributed by atoms with E-state index in [0.29, 0.717) is 24.6 Å². The minimum Gasteiger partial charge on any atom is -0.445 e. The molecule has 1 aromatic carbocycles. The number of amides is 1. The van der Waals surface area contributed by atoms with Gasteiger partial charge in [0.25, 0.3) is 0 Å². The number of hydrogen-bond acceptors (Lipinski definition) is 3. The van der Waals surface area contributed by atoms with Gasteiger partial charge in [-0.2, -0.15) is 0 Å². The van der Waals surface area contributed by atoms with E-state index < -0.39 is 0 Å². The average molecular weight is 274 g/mol. The smallest absolute Gasteiger partial charge is 0.410 e. The highest BCUT2D eigenvalue weighted by Crippen LogP contribution is 2.38. The molecule has 4 nitrogen and oxygen atoms in total. The zero-order chi connectivity index (χ0) is 13.9. The number of nitrogens with zero attached hydrogens (tertiary/aromatic N) is 1. The first-order chi connectivity index (χ1) is 9.78. The molecule has 2 aliphatic rings. The van der Waals surface area contributed by atoms with Crippen LogP contribution in [0, 0.1) is 5.92 Å². The maximum atomic E-state index is 12.3. The fourth-order valence-electron chi connectivity index (χ4n) is 3.57. The van der Waals surface area contributed by atoms with Crippen LogP contribution in [0.5, 0.6) is 0 Å². The average Bonchev–Trinajstić information content (AvgIpc) is 2.76. The normalized spacial score (nSPS) is 28.4. The lowest BCUT2D eigenvalue weighted by Crippen LogP contribution is -2.47. The van der Waals surface area contributed by atoms with Gasteiger partial charge in [-0.3, -0.25) is 0 Å². The Kier molecular flexibility index (Phi) is 3.92. The van der Waals surface area contributed by atoms with E-state index in [0.717, 1.165) is 37.8 Å². The molecule has 2 unspecified atom stereocenters. The summed E-state index contributed by atoms with van der Waals surface area (Å²) in [7, 11) is 0. The summed E-state index contributed by atoms with van der Waals surface area (Å²) in [4.78, 5) is 14.3. The minimum atomic E-state index is -0.156. The molecule has 2 saturated heterocycles. The second-order valence-corrected chi connectivity index (χ2v) is 5.91. The largest absolute Gasteiger partial charge is 0.445 e. The molecule has 2 bridgehead atoms. The van der Waals surface area contributed by atoms with Crippen molar-refractivity contribution in [1.82, 2.24) is 4.90 Å². The molecule has 2 atom stereocenters. The molecule has 2 fully saturated rings. The molecule has 2 N–H and O–H groups in total. The third kappa shape index (κ3) is 2.66. The SMILES string of the molecule is NCC1CC2CCC(C1)N2C(=O)OCc1ccccc1. The highest BCUT2D eigenvalue weighted by atomic mass is 16.6. The lowest BCUT2D eigenvalue weighted by molar-refractivity contribution is 0.0541. The minimum absolute atomic E-state index is 0.156.